The quantitative estimate of drug-likeness (QED) is 0.916. The van der Waals surface area contributed by atoms with E-state index < -0.39 is 5.82 Å². The maximum Gasteiger partial charge on any atom is 0.256 e. The molecule has 1 aromatic heterocycles. The van der Waals surface area contributed by atoms with E-state index in [4.69, 9.17) is 11.6 Å². The van der Waals surface area contributed by atoms with Crippen LogP contribution in [0.4, 0.5) is 4.39 Å². The van der Waals surface area contributed by atoms with Crippen LogP contribution in [-0.4, -0.2) is 57.1 Å². The van der Waals surface area contributed by atoms with Gasteiger partial charge in [0.05, 0.1) is 12.1 Å². The molecule has 0 saturated carbocycles. The highest BCUT2D eigenvalue weighted by Gasteiger charge is 2.24. The normalized spacial score (nSPS) is 15.7. The number of hydrogen-bond acceptors (Lipinski definition) is 4. The van der Waals surface area contributed by atoms with Crippen LogP contribution in [0.2, 0.25) is 5.02 Å². The summed E-state index contributed by atoms with van der Waals surface area (Å²) in [6.07, 6.45) is 0.797. The topological polar surface area (TPSA) is 65.1 Å². The molecule has 0 atom stereocenters. The Balaban J connectivity index is 1.57. The second-order valence-electron chi connectivity index (χ2n) is 5.74. The van der Waals surface area contributed by atoms with Crippen LogP contribution in [0.3, 0.4) is 0 Å². The lowest BCUT2D eigenvalue weighted by atomic mass is 10.1. The van der Waals surface area contributed by atoms with Crippen molar-refractivity contribution in [2.24, 2.45) is 0 Å². The van der Waals surface area contributed by atoms with Crippen molar-refractivity contribution >= 4 is 17.5 Å². The highest BCUT2D eigenvalue weighted by atomic mass is 35.5. The average Bonchev–Trinajstić information content (AvgIpc) is 3.03. The Kier molecular flexibility index (Phi) is 5.11. The zero-order valence-electron chi connectivity index (χ0n) is 13.4. The summed E-state index contributed by atoms with van der Waals surface area (Å²) < 4.78 is 13.9. The summed E-state index contributed by atoms with van der Waals surface area (Å²) in [5.41, 5.74) is 0.0654. The largest absolute Gasteiger partial charge is 0.336 e. The molecule has 0 spiro atoms. The maximum absolute atomic E-state index is 13.9. The number of carbonyl (C=O) groups excluding carboxylic acids is 1. The van der Waals surface area contributed by atoms with Crippen LogP contribution in [0, 0.1) is 5.82 Å². The zero-order chi connectivity index (χ0) is 17.1. The highest BCUT2D eigenvalue weighted by Crippen LogP contribution is 2.17. The number of aromatic nitrogens is 3. The van der Waals surface area contributed by atoms with Crippen molar-refractivity contribution in [2.45, 2.75) is 19.9 Å². The summed E-state index contributed by atoms with van der Waals surface area (Å²) in [4.78, 5) is 20.7. The molecule has 1 saturated heterocycles. The van der Waals surface area contributed by atoms with Crippen LogP contribution in [0.25, 0.3) is 0 Å². The molecule has 1 aliphatic rings. The van der Waals surface area contributed by atoms with Crippen molar-refractivity contribution < 1.29 is 9.18 Å². The van der Waals surface area contributed by atoms with Gasteiger partial charge in [-0.3, -0.25) is 14.8 Å². The fourth-order valence-electron chi connectivity index (χ4n) is 2.72. The number of H-pyrrole nitrogens is 1. The molecule has 1 amide bonds. The Bertz CT molecular complexity index is 727. The Morgan fingerprint density at radius 1 is 1.33 bits per heavy atom. The second-order valence-corrected chi connectivity index (χ2v) is 6.18. The summed E-state index contributed by atoms with van der Waals surface area (Å²) in [6, 6.07) is 4.14. The minimum Gasteiger partial charge on any atom is -0.336 e. The van der Waals surface area contributed by atoms with Gasteiger partial charge < -0.3 is 4.90 Å². The number of benzene rings is 1. The van der Waals surface area contributed by atoms with Crippen LogP contribution >= 0.6 is 11.6 Å². The molecule has 6 nitrogen and oxygen atoms in total. The van der Waals surface area contributed by atoms with E-state index in [-0.39, 0.29) is 16.5 Å². The van der Waals surface area contributed by atoms with Gasteiger partial charge in [-0.15, -0.1) is 0 Å². The molecule has 128 valence electrons. The first kappa shape index (κ1) is 16.9. The maximum atomic E-state index is 13.9. The minimum atomic E-state index is -0.580. The van der Waals surface area contributed by atoms with E-state index in [0.717, 1.165) is 18.1 Å². The Morgan fingerprint density at radius 2 is 2.08 bits per heavy atom. The molecular formula is C16H19ClFN5O. The number of aromatic amines is 1. The predicted molar refractivity (Wildman–Crippen MR) is 88.4 cm³/mol. The van der Waals surface area contributed by atoms with Crippen molar-refractivity contribution in [3.8, 4) is 0 Å². The predicted octanol–water partition coefficient (Wildman–Crippen LogP) is 2.12. The van der Waals surface area contributed by atoms with E-state index in [9.17, 15) is 9.18 Å². The smallest absolute Gasteiger partial charge is 0.256 e. The molecule has 1 aromatic carbocycles. The van der Waals surface area contributed by atoms with Crippen LogP contribution in [0.1, 0.15) is 28.9 Å². The summed E-state index contributed by atoms with van der Waals surface area (Å²) in [7, 11) is 0. The molecule has 1 fully saturated rings. The first-order valence-corrected chi connectivity index (χ1v) is 8.31. The molecule has 3 rings (SSSR count). The molecule has 0 unspecified atom stereocenters. The van der Waals surface area contributed by atoms with E-state index in [1.807, 2.05) is 6.92 Å². The SMILES string of the molecule is CCc1n[nH]c(CN2CCN(C(=O)c3ccc(Cl)cc3F)CC2)n1. The molecule has 0 radical (unpaired) electrons. The molecule has 0 bridgehead atoms. The molecule has 1 N–H and O–H groups in total. The van der Waals surface area contributed by atoms with Gasteiger partial charge in [0.25, 0.3) is 5.91 Å². The third-order valence-corrected chi connectivity index (χ3v) is 4.32. The lowest BCUT2D eigenvalue weighted by Gasteiger charge is -2.34. The number of carbonyl (C=O) groups is 1. The molecular weight excluding hydrogens is 333 g/mol. The van der Waals surface area contributed by atoms with E-state index in [1.165, 1.54) is 18.2 Å². The van der Waals surface area contributed by atoms with E-state index in [2.05, 4.69) is 20.1 Å². The third-order valence-electron chi connectivity index (χ3n) is 4.09. The van der Waals surface area contributed by atoms with Gasteiger partial charge in [0.15, 0.2) is 0 Å². The highest BCUT2D eigenvalue weighted by molar-refractivity contribution is 6.30. The van der Waals surface area contributed by atoms with Gasteiger partial charge >= 0.3 is 0 Å². The van der Waals surface area contributed by atoms with Crippen molar-refractivity contribution in [1.29, 1.82) is 0 Å². The number of amides is 1. The van der Waals surface area contributed by atoms with Crippen molar-refractivity contribution in [1.82, 2.24) is 25.0 Å². The fraction of sp³-hybridized carbons (Fsp3) is 0.438. The van der Waals surface area contributed by atoms with Gasteiger partial charge in [-0.05, 0) is 18.2 Å². The lowest BCUT2D eigenvalue weighted by molar-refractivity contribution is 0.0621. The number of piperazine rings is 1. The van der Waals surface area contributed by atoms with Crippen LogP contribution < -0.4 is 0 Å². The van der Waals surface area contributed by atoms with Crippen molar-refractivity contribution in [2.75, 3.05) is 26.2 Å². The summed E-state index contributed by atoms with van der Waals surface area (Å²) in [5, 5.41) is 7.34. The summed E-state index contributed by atoms with van der Waals surface area (Å²) >= 11 is 5.73. The van der Waals surface area contributed by atoms with Gasteiger partial charge in [-0.25, -0.2) is 9.37 Å². The molecule has 1 aliphatic heterocycles. The van der Waals surface area contributed by atoms with Crippen molar-refractivity contribution in [3.05, 3.63) is 46.3 Å². The van der Waals surface area contributed by atoms with Gasteiger partial charge in [0, 0.05) is 37.6 Å². The molecule has 2 aromatic rings. The summed E-state index contributed by atoms with van der Waals surface area (Å²) in [5.74, 6) is 0.757. The van der Waals surface area contributed by atoms with Gasteiger partial charge in [0.1, 0.15) is 17.5 Å². The monoisotopic (exact) mass is 351 g/mol. The van der Waals surface area contributed by atoms with Gasteiger partial charge in [-0.1, -0.05) is 18.5 Å². The van der Waals surface area contributed by atoms with E-state index >= 15 is 0 Å². The lowest BCUT2D eigenvalue weighted by Crippen LogP contribution is -2.48. The van der Waals surface area contributed by atoms with Crippen LogP contribution in [-0.2, 0) is 13.0 Å². The number of rotatable bonds is 4. The van der Waals surface area contributed by atoms with Crippen LogP contribution in [0.5, 0.6) is 0 Å². The Hall–Kier alpha value is -1.99. The van der Waals surface area contributed by atoms with Crippen molar-refractivity contribution in [3.63, 3.8) is 0 Å². The first-order valence-electron chi connectivity index (χ1n) is 7.93. The van der Waals surface area contributed by atoms with Crippen LogP contribution in [0.15, 0.2) is 18.2 Å². The Labute approximate surface area is 144 Å². The van der Waals surface area contributed by atoms with Gasteiger partial charge in [0.2, 0.25) is 0 Å². The fourth-order valence-corrected chi connectivity index (χ4v) is 2.88. The molecule has 8 heteroatoms. The standard InChI is InChI=1S/C16H19ClFN5O/c1-2-14-19-15(21-20-14)10-22-5-7-23(8-6-22)16(24)12-4-3-11(17)9-13(12)18/h3-4,9H,2,5-8,10H2,1H3,(H,19,20,21). The molecule has 2 heterocycles. The first-order chi connectivity index (χ1) is 11.6. The number of aryl methyl sites for hydroxylation is 1. The number of halogens is 2. The number of nitrogens with one attached hydrogen (secondary N) is 1. The van der Waals surface area contributed by atoms with E-state index in [1.54, 1.807) is 4.90 Å². The molecule has 0 aliphatic carbocycles. The zero-order valence-corrected chi connectivity index (χ0v) is 14.2. The second kappa shape index (κ2) is 7.27. The summed E-state index contributed by atoms with van der Waals surface area (Å²) in [6.45, 7) is 5.20. The Morgan fingerprint density at radius 3 is 2.71 bits per heavy atom. The third kappa shape index (κ3) is 3.73. The molecule has 24 heavy (non-hydrogen) atoms. The van der Waals surface area contributed by atoms with Gasteiger partial charge in [-0.2, -0.15) is 5.10 Å². The average molecular weight is 352 g/mol. The number of nitrogens with zero attached hydrogens (tertiary/aromatic N) is 4. The number of hydrogen-bond donors (Lipinski definition) is 1. The minimum absolute atomic E-state index is 0.0654. The van der Waals surface area contributed by atoms with E-state index in [0.29, 0.717) is 32.7 Å².